The van der Waals surface area contributed by atoms with Gasteiger partial charge in [-0.15, -0.1) is 0 Å². The summed E-state index contributed by atoms with van der Waals surface area (Å²) in [7, 11) is 2.71. The van der Waals surface area contributed by atoms with E-state index in [1.54, 1.807) is 36.7 Å². The number of methoxy groups -OCH3 is 2. The van der Waals surface area contributed by atoms with Gasteiger partial charge in [-0.25, -0.2) is 4.79 Å². The molecule has 4 rings (SSSR count). The first-order valence-corrected chi connectivity index (χ1v) is 12.6. The Morgan fingerprint density at radius 1 is 1.05 bits per heavy atom. The van der Waals surface area contributed by atoms with Gasteiger partial charge in [0.2, 0.25) is 5.91 Å². The van der Waals surface area contributed by atoms with E-state index >= 15 is 0 Å². The fourth-order valence-electron chi connectivity index (χ4n) is 3.53. The number of rotatable bonds is 9. The van der Waals surface area contributed by atoms with Crippen molar-refractivity contribution in [3.8, 4) is 11.5 Å². The highest BCUT2D eigenvalue weighted by Gasteiger charge is 2.36. The van der Waals surface area contributed by atoms with Gasteiger partial charge in [0.1, 0.15) is 13.2 Å². The second-order valence-corrected chi connectivity index (χ2v) is 9.46. The Morgan fingerprint density at radius 3 is 2.54 bits per heavy atom. The number of hydrogen-bond donors (Lipinski definition) is 1. The molecule has 10 nitrogen and oxygen atoms in total. The van der Waals surface area contributed by atoms with Crippen LogP contribution in [0.4, 0.5) is 10.5 Å². The lowest BCUT2D eigenvalue weighted by Gasteiger charge is -2.13. The molecule has 200 valence electrons. The van der Waals surface area contributed by atoms with Crippen LogP contribution in [0.15, 0.2) is 65.8 Å². The maximum Gasteiger partial charge on any atom is 0.339 e. The molecular weight excluding hydrogens is 546 g/mol. The van der Waals surface area contributed by atoms with E-state index < -0.39 is 29.6 Å². The zero-order valence-corrected chi connectivity index (χ0v) is 22.4. The molecule has 1 aliphatic heterocycles. The molecule has 3 amide bonds. The van der Waals surface area contributed by atoms with E-state index in [1.165, 1.54) is 32.4 Å². The molecule has 1 aromatic heterocycles. The van der Waals surface area contributed by atoms with Gasteiger partial charge in [-0.2, -0.15) is 0 Å². The van der Waals surface area contributed by atoms with Crippen LogP contribution in [0, 0.1) is 0 Å². The molecule has 0 saturated carbocycles. The minimum atomic E-state index is -0.669. The van der Waals surface area contributed by atoms with Crippen LogP contribution in [-0.2, 0) is 20.9 Å². The topological polar surface area (TPSA) is 124 Å². The third-order valence-electron chi connectivity index (χ3n) is 5.46. The fraction of sp³-hybridized carbons (Fsp3) is 0.148. The average Bonchev–Trinajstić information content (AvgIpc) is 3.20. The van der Waals surface area contributed by atoms with Crippen LogP contribution in [0.1, 0.15) is 21.5 Å². The van der Waals surface area contributed by atoms with Crippen LogP contribution in [-0.4, -0.2) is 53.7 Å². The zero-order chi connectivity index (χ0) is 27.9. The number of anilines is 1. The van der Waals surface area contributed by atoms with Crippen LogP contribution in [0.3, 0.4) is 0 Å². The second kappa shape index (κ2) is 12.5. The Balaban J connectivity index is 1.42. The monoisotopic (exact) mass is 567 g/mol. The number of carbonyl (C=O) groups is 4. The highest BCUT2D eigenvalue weighted by Crippen LogP contribution is 2.35. The Kier molecular flexibility index (Phi) is 8.84. The molecule has 39 heavy (non-hydrogen) atoms. The van der Waals surface area contributed by atoms with Crippen molar-refractivity contribution in [1.82, 2.24) is 9.88 Å². The summed E-state index contributed by atoms with van der Waals surface area (Å²) < 4.78 is 15.9. The Bertz CT molecular complexity index is 1460. The van der Waals surface area contributed by atoms with Crippen LogP contribution in [0.2, 0.25) is 5.02 Å². The molecule has 1 saturated heterocycles. The van der Waals surface area contributed by atoms with E-state index in [1.807, 2.05) is 12.1 Å². The summed E-state index contributed by atoms with van der Waals surface area (Å²) >= 11 is 6.72. The largest absolute Gasteiger partial charge is 0.493 e. The number of imide groups is 1. The van der Waals surface area contributed by atoms with Crippen molar-refractivity contribution in [2.45, 2.75) is 6.61 Å². The predicted octanol–water partition coefficient (Wildman–Crippen LogP) is 4.78. The quantitative estimate of drug-likeness (QED) is 0.287. The van der Waals surface area contributed by atoms with Crippen molar-refractivity contribution in [3.63, 3.8) is 0 Å². The number of nitrogens with one attached hydrogen (secondary N) is 1. The highest BCUT2D eigenvalue weighted by atomic mass is 35.5. The van der Waals surface area contributed by atoms with Gasteiger partial charge in [-0.1, -0.05) is 17.7 Å². The number of aromatic nitrogens is 1. The lowest BCUT2D eigenvalue weighted by Crippen LogP contribution is -2.36. The number of ether oxygens (including phenoxy) is 3. The molecule has 0 atom stereocenters. The van der Waals surface area contributed by atoms with E-state index in [0.717, 1.165) is 22.2 Å². The predicted molar refractivity (Wildman–Crippen MR) is 146 cm³/mol. The van der Waals surface area contributed by atoms with E-state index in [2.05, 4.69) is 15.0 Å². The van der Waals surface area contributed by atoms with Crippen LogP contribution in [0.5, 0.6) is 11.5 Å². The average molecular weight is 568 g/mol. The van der Waals surface area contributed by atoms with Crippen molar-refractivity contribution in [3.05, 3.63) is 87.5 Å². The standard InChI is InChI=1S/C27H22ClN3O7S/c1-36-22-11-17(3-6-21(22)38-15-16-7-9-29-10-8-16)12-23-25(33)31(27(35)39-23)14-24(32)30-18-4-5-20(28)19(13-18)26(34)37-2/h3-13H,14-15H2,1-2H3,(H,30,32)/b23-12+. The molecule has 3 aromatic rings. The molecule has 0 spiro atoms. The first-order chi connectivity index (χ1) is 18.8. The summed E-state index contributed by atoms with van der Waals surface area (Å²) in [6.07, 6.45) is 4.89. The molecule has 2 aromatic carbocycles. The number of esters is 1. The molecule has 0 aliphatic carbocycles. The summed E-state index contributed by atoms with van der Waals surface area (Å²) in [5.41, 5.74) is 1.87. The molecule has 0 bridgehead atoms. The maximum absolute atomic E-state index is 12.9. The van der Waals surface area contributed by atoms with Gasteiger partial charge in [0.15, 0.2) is 11.5 Å². The summed E-state index contributed by atoms with van der Waals surface area (Å²) in [5, 5.41) is 2.12. The van der Waals surface area contributed by atoms with Crippen molar-refractivity contribution < 1.29 is 33.4 Å². The minimum absolute atomic E-state index is 0.0651. The van der Waals surface area contributed by atoms with Gasteiger partial charge in [0, 0.05) is 18.1 Å². The Labute approximate surface area is 232 Å². The normalized spacial score (nSPS) is 13.9. The van der Waals surface area contributed by atoms with Gasteiger partial charge >= 0.3 is 5.97 Å². The van der Waals surface area contributed by atoms with Crippen LogP contribution in [0.25, 0.3) is 6.08 Å². The van der Waals surface area contributed by atoms with Crippen LogP contribution >= 0.6 is 23.4 Å². The maximum atomic E-state index is 12.9. The summed E-state index contributed by atoms with van der Waals surface area (Å²) in [4.78, 5) is 54.8. The number of amides is 3. The van der Waals surface area contributed by atoms with Gasteiger partial charge in [0.25, 0.3) is 11.1 Å². The minimum Gasteiger partial charge on any atom is -0.493 e. The lowest BCUT2D eigenvalue weighted by atomic mass is 10.2. The highest BCUT2D eigenvalue weighted by molar-refractivity contribution is 8.18. The zero-order valence-electron chi connectivity index (χ0n) is 20.8. The van der Waals surface area contributed by atoms with Gasteiger partial charge in [-0.05, 0) is 71.4 Å². The number of halogens is 1. The van der Waals surface area contributed by atoms with E-state index in [-0.39, 0.29) is 21.2 Å². The molecule has 2 heterocycles. The van der Waals surface area contributed by atoms with Crippen molar-refractivity contribution >= 4 is 58.1 Å². The van der Waals surface area contributed by atoms with Crippen LogP contribution < -0.4 is 14.8 Å². The Morgan fingerprint density at radius 2 is 1.82 bits per heavy atom. The third-order valence-corrected chi connectivity index (χ3v) is 6.70. The lowest BCUT2D eigenvalue weighted by molar-refractivity contribution is -0.127. The number of nitrogens with zero attached hydrogens (tertiary/aromatic N) is 2. The first kappa shape index (κ1) is 27.7. The van der Waals surface area contributed by atoms with Crippen molar-refractivity contribution in [2.75, 3.05) is 26.1 Å². The number of pyridine rings is 1. The van der Waals surface area contributed by atoms with Crippen molar-refractivity contribution in [2.24, 2.45) is 0 Å². The number of carbonyl (C=O) groups excluding carboxylic acids is 4. The van der Waals surface area contributed by atoms with Gasteiger partial charge in [-0.3, -0.25) is 24.3 Å². The first-order valence-electron chi connectivity index (χ1n) is 11.4. The van der Waals surface area contributed by atoms with Gasteiger partial charge < -0.3 is 19.5 Å². The molecule has 0 radical (unpaired) electrons. The Hall–Kier alpha value is -4.35. The van der Waals surface area contributed by atoms with E-state index in [9.17, 15) is 19.2 Å². The summed E-state index contributed by atoms with van der Waals surface area (Å²) in [6, 6.07) is 13.1. The smallest absolute Gasteiger partial charge is 0.339 e. The van der Waals surface area contributed by atoms with E-state index in [0.29, 0.717) is 23.7 Å². The fourth-order valence-corrected chi connectivity index (χ4v) is 4.57. The second-order valence-electron chi connectivity index (χ2n) is 8.06. The van der Waals surface area contributed by atoms with E-state index in [4.69, 9.17) is 21.1 Å². The molecule has 1 aliphatic rings. The number of hydrogen-bond acceptors (Lipinski definition) is 9. The van der Waals surface area contributed by atoms with Crippen molar-refractivity contribution in [1.29, 1.82) is 0 Å². The molecule has 12 heteroatoms. The van der Waals surface area contributed by atoms with Gasteiger partial charge in [0.05, 0.1) is 29.7 Å². The summed E-state index contributed by atoms with van der Waals surface area (Å²) in [5.74, 6) is -0.950. The summed E-state index contributed by atoms with van der Waals surface area (Å²) in [6.45, 7) is -0.192. The molecule has 0 unspecified atom stereocenters. The SMILES string of the molecule is COC(=O)c1cc(NC(=O)CN2C(=O)S/C(=C/c3ccc(OCc4ccncc4)c(OC)c3)C2=O)ccc1Cl. The molecular formula is C27H22ClN3O7S. The number of benzene rings is 2. The third kappa shape index (κ3) is 6.75. The molecule has 1 fully saturated rings. The molecule has 1 N–H and O–H groups in total. The number of thioether (sulfide) groups is 1.